The standard InChI is InChI=1S/C22H27F2N5O4S2/c1-28(19-4-5-21-20(12-19)25-14-34-21)13-18(10-15-8-16(23)11-17(24)9-15)26-22(30)27-35(31,32)29(2)6-7-33-3/h4-5,8-9,11-12,14,18H,6-7,10,13H2,1-3H3,(H2,26,27,30)/t18-/m0/s1. The van der Waals surface area contributed by atoms with Gasteiger partial charge >= 0.3 is 16.2 Å². The molecule has 0 aliphatic rings. The van der Waals surface area contributed by atoms with Gasteiger partial charge in [0.25, 0.3) is 0 Å². The maximum absolute atomic E-state index is 13.7. The highest BCUT2D eigenvalue weighted by molar-refractivity contribution is 7.87. The number of rotatable bonds is 11. The molecule has 35 heavy (non-hydrogen) atoms. The quantitative estimate of drug-likeness (QED) is 0.398. The molecule has 3 rings (SSSR count). The average molecular weight is 528 g/mol. The van der Waals surface area contributed by atoms with Crippen molar-refractivity contribution in [2.45, 2.75) is 12.5 Å². The first-order valence-corrected chi connectivity index (χ1v) is 12.9. The van der Waals surface area contributed by atoms with E-state index in [0.29, 0.717) is 5.56 Å². The van der Waals surface area contributed by atoms with Gasteiger partial charge in [-0.25, -0.2) is 23.3 Å². The van der Waals surface area contributed by atoms with Crippen LogP contribution in [0.3, 0.4) is 0 Å². The van der Waals surface area contributed by atoms with Crippen LogP contribution in [-0.2, 0) is 21.4 Å². The zero-order valence-electron chi connectivity index (χ0n) is 19.5. The van der Waals surface area contributed by atoms with Crippen LogP contribution in [0.1, 0.15) is 5.56 Å². The van der Waals surface area contributed by atoms with Gasteiger partial charge in [0.05, 0.1) is 28.4 Å². The van der Waals surface area contributed by atoms with Crippen molar-refractivity contribution in [2.75, 3.05) is 45.8 Å². The van der Waals surface area contributed by atoms with Crippen LogP contribution in [0, 0.1) is 11.6 Å². The minimum absolute atomic E-state index is 0.0486. The Labute approximate surface area is 206 Å². The maximum atomic E-state index is 13.7. The van der Waals surface area contributed by atoms with Gasteiger partial charge in [-0.3, -0.25) is 0 Å². The minimum Gasteiger partial charge on any atom is -0.383 e. The summed E-state index contributed by atoms with van der Waals surface area (Å²) in [5.41, 5.74) is 3.69. The van der Waals surface area contributed by atoms with Crippen LogP contribution < -0.4 is 14.9 Å². The molecule has 0 radical (unpaired) electrons. The lowest BCUT2D eigenvalue weighted by Gasteiger charge is -2.27. The van der Waals surface area contributed by atoms with Crippen LogP contribution in [-0.4, -0.2) is 70.7 Å². The number of hydrogen-bond acceptors (Lipinski definition) is 7. The third kappa shape index (κ3) is 7.56. The second kappa shape index (κ2) is 11.7. The molecule has 0 saturated carbocycles. The molecule has 13 heteroatoms. The Morgan fingerprint density at radius 2 is 1.89 bits per heavy atom. The summed E-state index contributed by atoms with van der Waals surface area (Å²) in [5, 5.41) is 2.62. The van der Waals surface area contributed by atoms with Crippen molar-refractivity contribution in [1.29, 1.82) is 0 Å². The Morgan fingerprint density at radius 3 is 2.57 bits per heavy atom. The van der Waals surface area contributed by atoms with Gasteiger partial charge in [-0.15, -0.1) is 11.3 Å². The number of hydrogen-bond donors (Lipinski definition) is 2. The largest absolute Gasteiger partial charge is 0.383 e. The van der Waals surface area contributed by atoms with Crippen LogP contribution in [0.15, 0.2) is 41.9 Å². The third-order valence-corrected chi connectivity index (χ3v) is 7.49. The molecule has 0 fully saturated rings. The number of nitrogens with zero attached hydrogens (tertiary/aromatic N) is 3. The molecule has 1 atom stereocenters. The number of thiazole rings is 1. The number of carbonyl (C=O) groups excluding carboxylic acids is 1. The molecule has 0 unspecified atom stereocenters. The first-order valence-electron chi connectivity index (χ1n) is 10.6. The molecule has 0 saturated heterocycles. The fourth-order valence-corrected chi connectivity index (χ4v) is 4.87. The van der Waals surface area contributed by atoms with Crippen molar-refractivity contribution in [3.8, 4) is 0 Å². The molecule has 1 aromatic heterocycles. The van der Waals surface area contributed by atoms with E-state index in [1.807, 2.05) is 27.8 Å². The van der Waals surface area contributed by atoms with Gasteiger partial charge in [0.1, 0.15) is 11.6 Å². The lowest BCUT2D eigenvalue weighted by molar-refractivity contribution is 0.184. The maximum Gasteiger partial charge on any atom is 0.329 e. The molecule has 190 valence electrons. The zero-order chi connectivity index (χ0) is 25.6. The van der Waals surface area contributed by atoms with Gasteiger partial charge < -0.3 is 15.0 Å². The molecule has 0 spiro atoms. The number of likely N-dealkylation sites (N-methyl/N-ethyl adjacent to an activating group) is 2. The van der Waals surface area contributed by atoms with E-state index in [-0.39, 0.29) is 26.1 Å². The minimum atomic E-state index is -4.11. The van der Waals surface area contributed by atoms with Crippen LogP contribution in [0.25, 0.3) is 10.2 Å². The summed E-state index contributed by atoms with van der Waals surface area (Å²) < 4.78 is 61.1. The molecule has 2 aromatic carbocycles. The molecule has 0 bridgehead atoms. The molecule has 0 aliphatic carbocycles. The van der Waals surface area contributed by atoms with Crippen LogP contribution in [0.5, 0.6) is 0 Å². The number of benzene rings is 2. The van der Waals surface area contributed by atoms with Gasteiger partial charge in [-0.05, 0) is 42.3 Å². The molecule has 3 aromatic rings. The van der Waals surface area contributed by atoms with Crippen molar-refractivity contribution in [2.24, 2.45) is 0 Å². The number of fused-ring (bicyclic) bond motifs is 1. The number of amides is 2. The number of urea groups is 1. The first kappa shape index (κ1) is 26.7. The van der Waals surface area contributed by atoms with Gasteiger partial charge in [-0.1, -0.05) is 0 Å². The molecule has 2 N–H and O–H groups in total. The van der Waals surface area contributed by atoms with E-state index in [4.69, 9.17) is 4.74 Å². The Kier molecular flexibility index (Phi) is 8.94. The molecular weight excluding hydrogens is 500 g/mol. The number of ether oxygens (including phenoxy) is 1. The van der Waals surface area contributed by atoms with Crippen LogP contribution in [0.2, 0.25) is 0 Å². The van der Waals surface area contributed by atoms with Gasteiger partial charge in [0.15, 0.2) is 0 Å². The fraction of sp³-hybridized carbons (Fsp3) is 0.364. The van der Waals surface area contributed by atoms with Gasteiger partial charge in [0.2, 0.25) is 0 Å². The van der Waals surface area contributed by atoms with E-state index in [2.05, 4.69) is 10.3 Å². The van der Waals surface area contributed by atoms with Crippen molar-refractivity contribution >= 4 is 43.5 Å². The van der Waals surface area contributed by atoms with Crippen molar-refractivity contribution in [3.05, 3.63) is 59.1 Å². The Bertz CT molecular complexity index is 1250. The summed E-state index contributed by atoms with van der Waals surface area (Å²) >= 11 is 1.51. The Balaban J connectivity index is 1.76. The highest BCUT2D eigenvalue weighted by Gasteiger charge is 2.23. The van der Waals surface area contributed by atoms with Gasteiger partial charge in [-0.2, -0.15) is 12.7 Å². The molecule has 0 aliphatic heterocycles. The smallest absolute Gasteiger partial charge is 0.329 e. The number of nitrogens with one attached hydrogen (secondary N) is 2. The lowest BCUT2D eigenvalue weighted by atomic mass is 10.0. The average Bonchev–Trinajstić information content (AvgIpc) is 3.24. The number of halogens is 2. The monoisotopic (exact) mass is 527 g/mol. The Morgan fingerprint density at radius 1 is 1.17 bits per heavy atom. The second-order valence-corrected chi connectivity index (χ2v) is 10.6. The normalized spacial score (nSPS) is 12.6. The number of carbonyl (C=O) groups is 1. The fourth-order valence-electron chi connectivity index (χ4n) is 3.44. The SMILES string of the molecule is COCCN(C)S(=O)(=O)NC(=O)N[C@@H](Cc1cc(F)cc(F)c1)CN(C)c1ccc2scnc2c1. The molecular formula is C22H27F2N5O4S2. The third-order valence-electron chi connectivity index (χ3n) is 5.23. The van der Waals surface area contributed by atoms with E-state index in [1.54, 1.807) is 12.6 Å². The first-order chi connectivity index (χ1) is 16.6. The summed E-state index contributed by atoms with van der Waals surface area (Å²) in [7, 11) is 0.425. The van der Waals surface area contributed by atoms with E-state index < -0.39 is 33.9 Å². The van der Waals surface area contributed by atoms with Gasteiger partial charge in [0, 0.05) is 46.0 Å². The summed E-state index contributed by atoms with van der Waals surface area (Å²) in [4.78, 5) is 18.7. The lowest BCUT2D eigenvalue weighted by Crippen LogP contribution is -2.52. The highest BCUT2D eigenvalue weighted by atomic mass is 32.2. The summed E-state index contributed by atoms with van der Waals surface area (Å²) in [6.07, 6.45) is 0.0605. The molecule has 1 heterocycles. The summed E-state index contributed by atoms with van der Waals surface area (Å²) in [5.74, 6) is -1.49. The van der Waals surface area contributed by atoms with E-state index in [0.717, 1.165) is 26.3 Å². The Hall–Kier alpha value is -2.87. The predicted octanol–water partition coefficient (Wildman–Crippen LogP) is 2.74. The predicted molar refractivity (Wildman–Crippen MR) is 132 cm³/mol. The zero-order valence-corrected chi connectivity index (χ0v) is 21.1. The van der Waals surface area contributed by atoms with E-state index >= 15 is 0 Å². The number of anilines is 1. The van der Waals surface area contributed by atoms with Crippen molar-refractivity contribution in [3.63, 3.8) is 0 Å². The molecule has 2 amide bonds. The number of methoxy groups -OCH3 is 1. The van der Waals surface area contributed by atoms with Crippen LogP contribution in [0.4, 0.5) is 19.3 Å². The van der Waals surface area contributed by atoms with Crippen LogP contribution >= 0.6 is 11.3 Å². The van der Waals surface area contributed by atoms with Crippen molar-refractivity contribution < 1.29 is 26.7 Å². The van der Waals surface area contributed by atoms with Crippen molar-refractivity contribution in [1.82, 2.24) is 19.3 Å². The van der Waals surface area contributed by atoms with E-state index in [9.17, 15) is 22.0 Å². The molecule has 9 nitrogen and oxygen atoms in total. The number of aromatic nitrogens is 1. The topological polar surface area (TPSA) is 104 Å². The highest BCUT2D eigenvalue weighted by Crippen LogP contribution is 2.24. The summed E-state index contributed by atoms with van der Waals surface area (Å²) in [6, 6.07) is 7.17. The second-order valence-electron chi connectivity index (χ2n) is 7.96. The van der Waals surface area contributed by atoms with E-state index in [1.165, 1.54) is 37.6 Å². The summed E-state index contributed by atoms with van der Waals surface area (Å²) in [6.45, 7) is 0.425.